The van der Waals surface area contributed by atoms with Gasteiger partial charge < -0.3 is 19.7 Å². The highest BCUT2D eigenvalue weighted by atomic mass is 16.2. The van der Waals surface area contributed by atoms with Crippen molar-refractivity contribution < 1.29 is 4.79 Å². The fraction of sp³-hybridized carbons (Fsp3) is 0.545. The minimum Gasteiger partial charge on any atom is -0.353 e. The molecule has 8 nitrogen and oxygen atoms in total. The number of aromatic nitrogens is 3. The van der Waals surface area contributed by atoms with E-state index in [2.05, 4.69) is 20.2 Å². The highest BCUT2D eigenvalue weighted by molar-refractivity contribution is 5.94. The third-order valence-corrected chi connectivity index (χ3v) is 6.91. The van der Waals surface area contributed by atoms with E-state index in [1.165, 1.54) is 0 Å². The van der Waals surface area contributed by atoms with Crippen LogP contribution in [0.4, 0.5) is 5.82 Å². The second kappa shape index (κ2) is 7.50. The van der Waals surface area contributed by atoms with Crippen molar-refractivity contribution >= 4 is 11.7 Å². The van der Waals surface area contributed by atoms with Crippen LogP contribution in [0.3, 0.4) is 0 Å². The van der Waals surface area contributed by atoms with Gasteiger partial charge in [-0.05, 0) is 44.9 Å². The molecule has 2 fully saturated rings. The molecule has 1 N–H and O–H groups in total. The van der Waals surface area contributed by atoms with Gasteiger partial charge in [-0.15, -0.1) is 0 Å². The molecule has 8 heteroatoms. The number of fused-ring (bicyclic) bond motifs is 4. The fourth-order valence-corrected chi connectivity index (χ4v) is 5.09. The summed E-state index contributed by atoms with van der Waals surface area (Å²) in [6.07, 6.45) is 2.72. The molecule has 0 aromatic carbocycles. The fourth-order valence-electron chi connectivity index (χ4n) is 5.09. The van der Waals surface area contributed by atoms with Gasteiger partial charge in [-0.2, -0.15) is 0 Å². The molecule has 2 atom stereocenters. The summed E-state index contributed by atoms with van der Waals surface area (Å²) in [5.41, 5.74) is 3.29. The van der Waals surface area contributed by atoms with Gasteiger partial charge in [-0.25, -0.2) is 9.97 Å². The third kappa shape index (κ3) is 3.19. The van der Waals surface area contributed by atoms with E-state index in [0.717, 1.165) is 42.3 Å². The number of anilines is 1. The summed E-state index contributed by atoms with van der Waals surface area (Å²) < 4.78 is 1.86. The number of nitrogens with zero attached hydrogens (tertiary/aromatic N) is 5. The first kappa shape index (κ1) is 19.2. The Balaban J connectivity index is 1.33. The topological polar surface area (TPSA) is 83.4 Å². The van der Waals surface area contributed by atoms with Crippen LogP contribution in [0, 0.1) is 19.8 Å². The van der Waals surface area contributed by atoms with Crippen molar-refractivity contribution in [3.8, 4) is 0 Å². The molecular weight excluding hydrogens is 380 g/mol. The van der Waals surface area contributed by atoms with Gasteiger partial charge in [0, 0.05) is 62.1 Å². The van der Waals surface area contributed by atoms with E-state index in [4.69, 9.17) is 0 Å². The Labute approximate surface area is 175 Å². The van der Waals surface area contributed by atoms with Gasteiger partial charge in [0.15, 0.2) is 0 Å². The average molecular weight is 409 g/mol. The van der Waals surface area contributed by atoms with Gasteiger partial charge in [0.25, 0.3) is 11.5 Å². The van der Waals surface area contributed by atoms with Crippen LogP contribution in [0.25, 0.3) is 0 Å². The van der Waals surface area contributed by atoms with E-state index in [0.29, 0.717) is 50.1 Å². The van der Waals surface area contributed by atoms with E-state index >= 15 is 0 Å². The standard InChI is InChI=1S/C22H28N6O2/c1-14-15(2)24-13-25-20(14)26-5-7-27(8-6-26)21(29)18-3-4-19-17-9-16(10-23-11-17)12-28(19)22(18)30/h3-4,13,16-17,23H,5-12H2,1-2H3/t16-,17+/m0/s1. The maximum absolute atomic E-state index is 13.2. The number of hydrogen-bond donors (Lipinski definition) is 1. The normalized spacial score (nSPS) is 23.3. The number of rotatable bonds is 2. The number of aryl methyl sites for hydroxylation is 1. The number of nitrogens with one attached hydrogen (secondary N) is 1. The molecule has 0 aliphatic carbocycles. The van der Waals surface area contributed by atoms with Crippen molar-refractivity contribution in [2.24, 2.45) is 5.92 Å². The predicted molar refractivity (Wildman–Crippen MR) is 114 cm³/mol. The zero-order valence-electron chi connectivity index (χ0n) is 17.6. The van der Waals surface area contributed by atoms with Crippen molar-refractivity contribution in [2.45, 2.75) is 32.7 Å². The summed E-state index contributed by atoms with van der Waals surface area (Å²) in [5.74, 6) is 1.63. The second-order valence-electron chi connectivity index (χ2n) is 8.73. The first-order valence-electron chi connectivity index (χ1n) is 10.8. The van der Waals surface area contributed by atoms with Crippen LogP contribution >= 0.6 is 0 Å². The third-order valence-electron chi connectivity index (χ3n) is 6.91. The summed E-state index contributed by atoms with van der Waals surface area (Å²) >= 11 is 0. The van der Waals surface area contributed by atoms with E-state index in [-0.39, 0.29) is 11.5 Å². The quantitative estimate of drug-likeness (QED) is 0.796. The van der Waals surface area contributed by atoms with Gasteiger partial charge in [0.2, 0.25) is 0 Å². The van der Waals surface area contributed by atoms with Crippen LogP contribution in [0.2, 0.25) is 0 Å². The number of carbonyl (C=O) groups excluding carboxylic acids is 1. The molecule has 2 bridgehead atoms. The molecule has 5 rings (SSSR count). The highest BCUT2D eigenvalue weighted by Gasteiger charge is 2.33. The molecule has 3 aliphatic heterocycles. The number of hydrogen-bond acceptors (Lipinski definition) is 6. The Morgan fingerprint density at radius 3 is 2.70 bits per heavy atom. The molecule has 0 radical (unpaired) electrons. The summed E-state index contributed by atoms with van der Waals surface area (Å²) in [4.78, 5) is 39.0. The summed E-state index contributed by atoms with van der Waals surface area (Å²) in [5, 5.41) is 3.46. The number of pyridine rings is 1. The lowest BCUT2D eigenvalue weighted by Gasteiger charge is -2.38. The SMILES string of the molecule is Cc1ncnc(N2CCN(C(=O)c3ccc4n(c3=O)C[C@@H]3CNC[C@H]4C3)CC2)c1C. The lowest BCUT2D eigenvalue weighted by Crippen LogP contribution is -2.51. The molecule has 3 aliphatic rings. The van der Waals surface area contributed by atoms with Gasteiger partial charge in [0.05, 0.1) is 0 Å². The largest absolute Gasteiger partial charge is 0.353 e. The molecule has 0 spiro atoms. The highest BCUT2D eigenvalue weighted by Crippen LogP contribution is 2.31. The van der Waals surface area contributed by atoms with Crippen LogP contribution in [-0.2, 0) is 6.54 Å². The van der Waals surface area contributed by atoms with Gasteiger partial charge in [-0.3, -0.25) is 9.59 Å². The van der Waals surface area contributed by atoms with Crippen LogP contribution in [0.15, 0.2) is 23.3 Å². The zero-order valence-corrected chi connectivity index (χ0v) is 17.6. The van der Waals surface area contributed by atoms with Crippen molar-refractivity contribution in [1.29, 1.82) is 0 Å². The van der Waals surface area contributed by atoms with Crippen LogP contribution in [-0.4, -0.2) is 64.6 Å². The van der Waals surface area contributed by atoms with Gasteiger partial charge >= 0.3 is 0 Å². The van der Waals surface area contributed by atoms with E-state index in [1.807, 2.05) is 24.5 Å². The smallest absolute Gasteiger partial charge is 0.263 e. The lowest BCUT2D eigenvalue weighted by atomic mass is 9.84. The molecule has 2 saturated heterocycles. The molecule has 1 amide bonds. The van der Waals surface area contributed by atoms with E-state index in [1.54, 1.807) is 17.3 Å². The molecule has 2 aromatic heterocycles. The molecule has 2 aromatic rings. The van der Waals surface area contributed by atoms with Crippen molar-refractivity contribution in [2.75, 3.05) is 44.2 Å². The Hall–Kier alpha value is -2.74. The molecule has 30 heavy (non-hydrogen) atoms. The van der Waals surface area contributed by atoms with Gasteiger partial charge in [0.1, 0.15) is 17.7 Å². The number of piperazine rings is 1. The Kier molecular flexibility index (Phi) is 4.81. The molecule has 0 unspecified atom stereocenters. The van der Waals surface area contributed by atoms with Crippen molar-refractivity contribution in [3.05, 3.63) is 51.3 Å². The van der Waals surface area contributed by atoms with Crippen LogP contribution in [0.5, 0.6) is 0 Å². The van der Waals surface area contributed by atoms with E-state index < -0.39 is 0 Å². The minimum atomic E-state index is -0.153. The molecule has 158 valence electrons. The van der Waals surface area contributed by atoms with Crippen LogP contribution < -0.4 is 15.8 Å². The number of amides is 1. The van der Waals surface area contributed by atoms with Crippen molar-refractivity contribution in [1.82, 2.24) is 24.8 Å². The maximum Gasteiger partial charge on any atom is 0.263 e. The van der Waals surface area contributed by atoms with Crippen molar-refractivity contribution in [3.63, 3.8) is 0 Å². The summed E-state index contributed by atoms with van der Waals surface area (Å²) in [7, 11) is 0. The first-order chi connectivity index (χ1) is 14.5. The second-order valence-corrected chi connectivity index (χ2v) is 8.73. The lowest BCUT2D eigenvalue weighted by molar-refractivity contribution is 0.0743. The predicted octanol–water partition coefficient (Wildman–Crippen LogP) is 0.924. The Bertz CT molecular complexity index is 1040. The molecular formula is C22H28N6O2. The summed E-state index contributed by atoms with van der Waals surface area (Å²) in [6.45, 7) is 9.14. The van der Waals surface area contributed by atoms with Crippen LogP contribution in [0.1, 0.15) is 39.6 Å². The van der Waals surface area contributed by atoms with Gasteiger partial charge in [-0.1, -0.05) is 0 Å². The summed E-state index contributed by atoms with van der Waals surface area (Å²) in [6, 6.07) is 3.74. The molecule has 0 saturated carbocycles. The molecule has 5 heterocycles. The maximum atomic E-state index is 13.2. The number of piperidine rings is 1. The first-order valence-corrected chi connectivity index (χ1v) is 10.8. The van der Waals surface area contributed by atoms with E-state index in [9.17, 15) is 9.59 Å². The Morgan fingerprint density at radius 1 is 1.10 bits per heavy atom. The monoisotopic (exact) mass is 408 g/mol. The number of carbonyl (C=O) groups is 1. The minimum absolute atomic E-state index is 0.126. The average Bonchev–Trinajstić information content (AvgIpc) is 2.76. The zero-order chi connectivity index (χ0) is 20.8. The Morgan fingerprint density at radius 2 is 1.90 bits per heavy atom.